The minimum atomic E-state index is 0.138. The van der Waals surface area contributed by atoms with Crippen LogP contribution in [0, 0.1) is 0 Å². The van der Waals surface area contributed by atoms with E-state index in [9.17, 15) is 4.79 Å². The van der Waals surface area contributed by atoms with E-state index in [2.05, 4.69) is 38.1 Å². The molecule has 0 N–H and O–H groups in total. The SMILES string of the molecule is CC(C)c1ccc(/C=C2/C(=O)Sc3ccccc32)cc1. The summed E-state index contributed by atoms with van der Waals surface area (Å²) in [6.45, 7) is 4.36. The van der Waals surface area contributed by atoms with Gasteiger partial charge in [-0.1, -0.05) is 56.3 Å². The molecule has 1 heterocycles. The predicted molar refractivity (Wildman–Crippen MR) is 85.7 cm³/mol. The minimum Gasteiger partial charge on any atom is -0.281 e. The molecule has 0 aromatic heterocycles. The molecule has 0 radical (unpaired) electrons. The molecule has 1 nitrogen and oxygen atoms in total. The number of carbonyl (C=O) groups is 1. The maximum absolute atomic E-state index is 12.1. The average Bonchev–Trinajstić information content (AvgIpc) is 2.76. The first-order valence-electron chi connectivity index (χ1n) is 6.78. The summed E-state index contributed by atoms with van der Waals surface area (Å²) in [5.41, 5.74) is 4.26. The Morgan fingerprint density at radius 2 is 1.70 bits per heavy atom. The summed E-state index contributed by atoms with van der Waals surface area (Å²) in [6.07, 6.45) is 1.99. The van der Waals surface area contributed by atoms with E-state index in [1.807, 2.05) is 30.3 Å². The van der Waals surface area contributed by atoms with Gasteiger partial charge >= 0.3 is 0 Å². The van der Waals surface area contributed by atoms with E-state index in [4.69, 9.17) is 0 Å². The highest BCUT2D eigenvalue weighted by atomic mass is 32.2. The molecule has 0 amide bonds. The second kappa shape index (κ2) is 5.29. The third kappa shape index (κ3) is 2.44. The number of hydrogen-bond donors (Lipinski definition) is 0. The number of fused-ring (bicyclic) bond motifs is 1. The van der Waals surface area contributed by atoms with Crippen LogP contribution in [0.15, 0.2) is 53.4 Å². The number of rotatable bonds is 2. The monoisotopic (exact) mass is 280 g/mol. The van der Waals surface area contributed by atoms with Gasteiger partial charge in [0.1, 0.15) is 0 Å². The largest absolute Gasteiger partial charge is 0.281 e. The predicted octanol–water partition coefficient (Wildman–Crippen LogP) is 4.98. The molecular formula is C18H16OS. The maximum Gasteiger partial charge on any atom is 0.224 e. The van der Waals surface area contributed by atoms with Crippen LogP contribution in [0.3, 0.4) is 0 Å². The van der Waals surface area contributed by atoms with Crippen LogP contribution in [0.4, 0.5) is 0 Å². The van der Waals surface area contributed by atoms with Gasteiger partial charge < -0.3 is 0 Å². The Morgan fingerprint density at radius 3 is 2.40 bits per heavy atom. The summed E-state index contributed by atoms with van der Waals surface area (Å²) in [6, 6.07) is 16.4. The van der Waals surface area contributed by atoms with E-state index >= 15 is 0 Å². The second-order valence-corrected chi connectivity index (χ2v) is 6.28. The molecule has 1 aliphatic heterocycles. The lowest BCUT2D eigenvalue weighted by molar-refractivity contribution is -0.106. The van der Waals surface area contributed by atoms with Crippen molar-refractivity contribution >= 4 is 28.5 Å². The van der Waals surface area contributed by atoms with Gasteiger partial charge in [0.15, 0.2) is 0 Å². The molecule has 3 rings (SSSR count). The Kier molecular flexibility index (Phi) is 3.49. The van der Waals surface area contributed by atoms with Crippen LogP contribution in [-0.2, 0) is 4.79 Å². The Morgan fingerprint density at radius 1 is 1.00 bits per heavy atom. The Hall–Kier alpha value is -1.80. The van der Waals surface area contributed by atoms with E-state index < -0.39 is 0 Å². The van der Waals surface area contributed by atoms with Crippen molar-refractivity contribution < 1.29 is 4.79 Å². The standard InChI is InChI=1S/C18H16OS/c1-12(2)14-9-7-13(8-10-14)11-16-15-5-3-4-6-17(15)20-18(16)19/h3-12H,1-2H3/b16-11+. The number of hydrogen-bond acceptors (Lipinski definition) is 2. The summed E-state index contributed by atoms with van der Waals surface area (Å²) in [4.78, 5) is 13.2. The van der Waals surface area contributed by atoms with Crippen molar-refractivity contribution in [1.29, 1.82) is 0 Å². The Bertz CT molecular complexity index is 681. The molecule has 0 spiro atoms. The molecule has 20 heavy (non-hydrogen) atoms. The molecule has 0 atom stereocenters. The number of benzene rings is 2. The molecule has 0 saturated heterocycles. The van der Waals surface area contributed by atoms with Crippen molar-refractivity contribution in [2.75, 3.05) is 0 Å². The first-order chi connectivity index (χ1) is 9.65. The van der Waals surface area contributed by atoms with Gasteiger partial charge in [-0.15, -0.1) is 0 Å². The third-order valence-electron chi connectivity index (χ3n) is 3.51. The quantitative estimate of drug-likeness (QED) is 0.721. The van der Waals surface area contributed by atoms with E-state index in [1.54, 1.807) is 0 Å². The van der Waals surface area contributed by atoms with Crippen molar-refractivity contribution in [3.63, 3.8) is 0 Å². The Labute approximate surface area is 123 Å². The van der Waals surface area contributed by atoms with E-state index in [-0.39, 0.29) is 5.12 Å². The lowest BCUT2D eigenvalue weighted by Crippen LogP contribution is -1.89. The normalized spacial score (nSPS) is 15.9. The molecule has 2 aromatic rings. The fourth-order valence-corrected chi connectivity index (χ4v) is 3.24. The van der Waals surface area contributed by atoms with Crippen LogP contribution < -0.4 is 0 Å². The minimum absolute atomic E-state index is 0.138. The van der Waals surface area contributed by atoms with Crippen LogP contribution in [0.5, 0.6) is 0 Å². The maximum atomic E-state index is 12.1. The zero-order valence-electron chi connectivity index (χ0n) is 11.6. The molecule has 0 unspecified atom stereocenters. The van der Waals surface area contributed by atoms with Crippen molar-refractivity contribution in [3.05, 3.63) is 65.2 Å². The molecule has 2 aromatic carbocycles. The van der Waals surface area contributed by atoms with Gasteiger partial charge in [-0.3, -0.25) is 4.79 Å². The highest BCUT2D eigenvalue weighted by molar-refractivity contribution is 8.15. The van der Waals surface area contributed by atoms with Gasteiger partial charge in [0.05, 0.1) is 0 Å². The van der Waals surface area contributed by atoms with Crippen LogP contribution in [-0.4, -0.2) is 5.12 Å². The van der Waals surface area contributed by atoms with Crippen molar-refractivity contribution in [2.45, 2.75) is 24.7 Å². The van der Waals surface area contributed by atoms with Crippen molar-refractivity contribution in [2.24, 2.45) is 0 Å². The third-order valence-corrected chi connectivity index (χ3v) is 4.50. The molecule has 100 valence electrons. The molecule has 0 bridgehead atoms. The zero-order chi connectivity index (χ0) is 14.1. The molecule has 1 aliphatic rings. The van der Waals surface area contributed by atoms with Gasteiger partial charge in [-0.25, -0.2) is 0 Å². The van der Waals surface area contributed by atoms with Crippen molar-refractivity contribution in [3.8, 4) is 0 Å². The summed E-state index contributed by atoms with van der Waals surface area (Å²) >= 11 is 1.32. The fourth-order valence-electron chi connectivity index (χ4n) is 2.32. The summed E-state index contributed by atoms with van der Waals surface area (Å²) in [7, 11) is 0. The van der Waals surface area contributed by atoms with E-state index in [1.165, 1.54) is 17.3 Å². The van der Waals surface area contributed by atoms with E-state index in [0.29, 0.717) is 5.92 Å². The van der Waals surface area contributed by atoms with Gasteiger partial charge in [0, 0.05) is 16.0 Å². The van der Waals surface area contributed by atoms with Crippen LogP contribution in [0.1, 0.15) is 36.5 Å². The number of thioether (sulfide) groups is 1. The lowest BCUT2D eigenvalue weighted by atomic mass is 9.99. The zero-order valence-corrected chi connectivity index (χ0v) is 12.4. The lowest BCUT2D eigenvalue weighted by Gasteiger charge is -2.05. The highest BCUT2D eigenvalue weighted by Gasteiger charge is 2.24. The van der Waals surface area contributed by atoms with Crippen LogP contribution in [0.25, 0.3) is 11.6 Å². The number of carbonyl (C=O) groups excluding carboxylic acids is 1. The molecular weight excluding hydrogens is 264 g/mol. The van der Waals surface area contributed by atoms with Crippen LogP contribution in [0.2, 0.25) is 0 Å². The first-order valence-corrected chi connectivity index (χ1v) is 7.60. The van der Waals surface area contributed by atoms with Gasteiger partial charge in [0.2, 0.25) is 5.12 Å². The highest BCUT2D eigenvalue weighted by Crippen LogP contribution is 2.40. The summed E-state index contributed by atoms with van der Waals surface area (Å²) < 4.78 is 0. The van der Waals surface area contributed by atoms with Crippen molar-refractivity contribution in [1.82, 2.24) is 0 Å². The van der Waals surface area contributed by atoms with Crippen LogP contribution >= 0.6 is 11.8 Å². The molecule has 0 saturated carbocycles. The summed E-state index contributed by atoms with van der Waals surface area (Å²) in [5.74, 6) is 0.529. The first kappa shape index (κ1) is 13.2. The molecule has 0 aliphatic carbocycles. The Balaban J connectivity index is 1.98. The smallest absolute Gasteiger partial charge is 0.224 e. The fraction of sp³-hybridized carbons (Fsp3) is 0.167. The van der Waals surface area contributed by atoms with Gasteiger partial charge in [-0.05, 0) is 40.9 Å². The molecule has 2 heteroatoms. The van der Waals surface area contributed by atoms with Gasteiger partial charge in [-0.2, -0.15) is 0 Å². The summed E-state index contributed by atoms with van der Waals surface area (Å²) in [5, 5.41) is 0.138. The van der Waals surface area contributed by atoms with E-state index in [0.717, 1.165) is 21.6 Å². The average molecular weight is 280 g/mol. The topological polar surface area (TPSA) is 17.1 Å². The van der Waals surface area contributed by atoms with Gasteiger partial charge in [0.25, 0.3) is 0 Å². The second-order valence-electron chi connectivity index (χ2n) is 5.27. The molecule has 0 fully saturated rings.